The van der Waals surface area contributed by atoms with Crippen LogP contribution in [0.3, 0.4) is 0 Å². The number of aryl methyl sites for hydroxylation is 1. The van der Waals surface area contributed by atoms with E-state index >= 15 is 0 Å². The van der Waals surface area contributed by atoms with E-state index in [2.05, 4.69) is 5.32 Å². The summed E-state index contributed by atoms with van der Waals surface area (Å²) < 4.78 is 0. The fraction of sp³-hybridized carbons (Fsp3) is 0.462. The third-order valence-electron chi connectivity index (χ3n) is 3.33. The quantitative estimate of drug-likeness (QED) is 0.804. The van der Waals surface area contributed by atoms with Crippen LogP contribution in [0.2, 0.25) is 0 Å². The summed E-state index contributed by atoms with van der Waals surface area (Å²) in [6.45, 7) is 3.38. The molecule has 1 saturated carbocycles. The summed E-state index contributed by atoms with van der Waals surface area (Å²) in [5, 5.41) is 2.95. The van der Waals surface area contributed by atoms with Gasteiger partial charge in [0.05, 0.1) is 0 Å². The van der Waals surface area contributed by atoms with E-state index in [1.807, 2.05) is 31.2 Å². The average Bonchev–Trinajstić information content (AvgIpc) is 3.08. The zero-order valence-electron chi connectivity index (χ0n) is 9.62. The van der Waals surface area contributed by atoms with Gasteiger partial charge in [0, 0.05) is 17.5 Å². The largest absolute Gasteiger partial charge is 0.351 e. The van der Waals surface area contributed by atoms with Crippen LogP contribution in [-0.2, 0) is 0 Å². The smallest absolute Gasteiger partial charge is 0.251 e. The van der Waals surface area contributed by atoms with Gasteiger partial charge < -0.3 is 11.1 Å². The van der Waals surface area contributed by atoms with Crippen LogP contribution in [0.25, 0.3) is 0 Å². The molecule has 86 valence electrons. The molecular weight excluding hydrogens is 200 g/mol. The lowest BCUT2D eigenvalue weighted by Crippen LogP contribution is -2.33. The zero-order chi connectivity index (χ0) is 11.6. The van der Waals surface area contributed by atoms with Crippen molar-refractivity contribution in [1.29, 1.82) is 0 Å². The number of benzene rings is 1. The van der Waals surface area contributed by atoms with Gasteiger partial charge in [-0.2, -0.15) is 0 Å². The first-order valence-electron chi connectivity index (χ1n) is 5.70. The molecule has 1 aliphatic rings. The van der Waals surface area contributed by atoms with Crippen LogP contribution in [0, 0.1) is 12.3 Å². The van der Waals surface area contributed by atoms with E-state index in [-0.39, 0.29) is 11.3 Å². The van der Waals surface area contributed by atoms with Crippen LogP contribution in [-0.4, -0.2) is 19.0 Å². The van der Waals surface area contributed by atoms with Crippen molar-refractivity contribution >= 4 is 5.91 Å². The van der Waals surface area contributed by atoms with E-state index in [0.29, 0.717) is 13.1 Å². The van der Waals surface area contributed by atoms with E-state index < -0.39 is 0 Å². The van der Waals surface area contributed by atoms with Gasteiger partial charge in [-0.3, -0.25) is 4.79 Å². The summed E-state index contributed by atoms with van der Waals surface area (Å²) in [5.41, 5.74) is 7.74. The van der Waals surface area contributed by atoms with Crippen molar-refractivity contribution in [3.8, 4) is 0 Å². The number of hydrogen-bond donors (Lipinski definition) is 2. The average molecular weight is 218 g/mol. The topological polar surface area (TPSA) is 55.1 Å². The minimum atomic E-state index is -0.000255. The van der Waals surface area contributed by atoms with E-state index in [9.17, 15) is 4.79 Å². The van der Waals surface area contributed by atoms with Gasteiger partial charge in [0.2, 0.25) is 0 Å². The highest BCUT2D eigenvalue weighted by Gasteiger charge is 2.41. The van der Waals surface area contributed by atoms with Gasteiger partial charge in [-0.15, -0.1) is 0 Å². The first kappa shape index (κ1) is 11.1. The van der Waals surface area contributed by atoms with Crippen LogP contribution in [0.1, 0.15) is 28.8 Å². The Bertz CT molecular complexity index is 379. The van der Waals surface area contributed by atoms with Crippen molar-refractivity contribution in [2.24, 2.45) is 11.1 Å². The minimum Gasteiger partial charge on any atom is -0.351 e. The summed E-state index contributed by atoms with van der Waals surface area (Å²) in [6, 6.07) is 7.61. The number of nitrogens with two attached hydrogens (primary N) is 1. The van der Waals surface area contributed by atoms with Gasteiger partial charge in [0.15, 0.2) is 0 Å². The molecule has 1 aromatic rings. The fourth-order valence-electron chi connectivity index (χ4n) is 1.70. The molecule has 0 unspecified atom stereocenters. The Hall–Kier alpha value is -1.35. The number of rotatable bonds is 4. The first-order chi connectivity index (χ1) is 7.65. The van der Waals surface area contributed by atoms with E-state index in [1.54, 1.807) is 0 Å². The molecule has 0 aromatic heterocycles. The Morgan fingerprint density at radius 3 is 2.50 bits per heavy atom. The lowest BCUT2D eigenvalue weighted by molar-refractivity contribution is 0.0945. The van der Waals surface area contributed by atoms with Gasteiger partial charge in [-0.25, -0.2) is 0 Å². The molecule has 1 aromatic carbocycles. The second kappa shape index (κ2) is 4.26. The Morgan fingerprint density at radius 1 is 1.38 bits per heavy atom. The molecule has 0 saturated heterocycles. The molecule has 0 heterocycles. The molecule has 3 N–H and O–H groups in total. The van der Waals surface area contributed by atoms with Crippen molar-refractivity contribution in [1.82, 2.24) is 5.32 Å². The zero-order valence-corrected chi connectivity index (χ0v) is 9.62. The van der Waals surface area contributed by atoms with Gasteiger partial charge >= 0.3 is 0 Å². The molecule has 0 spiro atoms. The third-order valence-corrected chi connectivity index (χ3v) is 3.33. The molecule has 0 atom stereocenters. The Balaban J connectivity index is 1.91. The predicted octanol–water partition coefficient (Wildman–Crippen LogP) is 1.46. The second-order valence-electron chi connectivity index (χ2n) is 4.75. The van der Waals surface area contributed by atoms with Crippen molar-refractivity contribution < 1.29 is 4.79 Å². The van der Waals surface area contributed by atoms with Crippen LogP contribution < -0.4 is 11.1 Å². The molecule has 0 aliphatic heterocycles. The highest BCUT2D eigenvalue weighted by Crippen LogP contribution is 2.43. The van der Waals surface area contributed by atoms with Crippen LogP contribution in [0.4, 0.5) is 0 Å². The number of amides is 1. The standard InChI is InChI=1S/C13H18N2O/c1-10-2-4-11(5-3-10)12(16)15-9-13(8-14)6-7-13/h2-5H,6-9,14H2,1H3,(H,15,16). The van der Waals surface area contributed by atoms with Crippen LogP contribution in [0.15, 0.2) is 24.3 Å². The van der Waals surface area contributed by atoms with Crippen molar-refractivity contribution in [3.63, 3.8) is 0 Å². The number of carbonyl (C=O) groups is 1. The molecule has 16 heavy (non-hydrogen) atoms. The Labute approximate surface area is 96.0 Å². The van der Waals surface area contributed by atoms with Gasteiger partial charge in [0.1, 0.15) is 0 Å². The Kier molecular flexibility index (Phi) is 2.97. The molecule has 2 rings (SSSR count). The van der Waals surface area contributed by atoms with Gasteiger partial charge in [-0.05, 0) is 38.4 Å². The third kappa shape index (κ3) is 2.42. The summed E-state index contributed by atoms with van der Waals surface area (Å²) in [6.07, 6.45) is 2.27. The summed E-state index contributed by atoms with van der Waals surface area (Å²) >= 11 is 0. The molecule has 1 aliphatic carbocycles. The van der Waals surface area contributed by atoms with Gasteiger partial charge in [-0.1, -0.05) is 17.7 Å². The summed E-state index contributed by atoms with van der Waals surface area (Å²) in [7, 11) is 0. The highest BCUT2D eigenvalue weighted by atomic mass is 16.1. The van der Waals surface area contributed by atoms with Crippen molar-refractivity contribution in [2.75, 3.05) is 13.1 Å². The molecular formula is C13H18N2O. The number of carbonyl (C=O) groups excluding carboxylic acids is 1. The maximum absolute atomic E-state index is 11.8. The van der Waals surface area contributed by atoms with Crippen molar-refractivity contribution in [2.45, 2.75) is 19.8 Å². The molecule has 3 nitrogen and oxygen atoms in total. The lowest BCUT2D eigenvalue weighted by atomic mass is 10.1. The van der Waals surface area contributed by atoms with E-state index in [0.717, 1.165) is 24.0 Å². The number of nitrogens with one attached hydrogen (secondary N) is 1. The first-order valence-corrected chi connectivity index (χ1v) is 5.70. The minimum absolute atomic E-state index is 0.000255. The lowest BCUT2D eigenvalue weighted by Gasteiger charge is -2.13. The Morgan fingerprint density at radius 2 is 2.00 bits per heavy atom. The van der Waals surface area contributed by atoms with Crippen LogP contribution in [0.5, 0.6) is 0 Å². The molecule has 1 fully saturated rings. The molecule has 0 radical (unpaired) electrons. The SMILES string of the molecule is Cc1ccc(C(=O)NCC2(CN)CC2)cc1. The normalized spacial score (nSPS) is 16.9. The highest BCUT2D eigenvalue weighted by molar-refractivity contribution is 5.94. The van der Waals surface area contributed by atoms with E-state index in [1.165, 1.54) is 0 Å². The van der Waals surface area contributed by atoms with Crippen molar-refractivity contribution in [3.05, 3.63) is 35.4 Å². The molecule has 1 amide bonds. The maximum atomic E-state index is 11.8. The van der Waals surface area contributed by atoms with Crippen LogP contribution >= 0.6 is 0 Å². The number of hydrogen-bond acceptors (Lipinski definition) is 2. The predicted molar refractivity (Wildman–Crippen MR) is 64.2 cm³/mol. The monoisotopic (exact) mass is 218 g/mol. The molecule has 0 bridgehead atoms. The van der Waals surface area contributed by atoms with E-state index in [4.69, 9.17) is 5.73 Å². The molecule has 3 heteroatoms. The maximum Gasteiger partial charge on any atom is 0.251 e. The summed E-state index contributed by atoms with van der Waals surface area (Å²) in [4.78, 5) is 11.8. The summed E-state index contributed by atoms with van der Waals surface area (Å²) in [5.74, 6) is -0.000255. The fourth-order valence-corrected chi connectivity index (χ4v) is 1.70. The second-order valence-corrected chi connectivity index (χ2v) is 4.75. The van der Waals surface area contributed by atoms with Gasteiger partial charge in [0.25, 0.3) is 5.91 Å².